The second-order valence-corrected chi connectivity index (χ2v) is 6.15. The first-order chi connectivity index (χ1) is 8.91. The number of hydrogen-bond acceptors (Lipinski definition) is 0. The summed E-state index contributed by atoms with van der Waals surface area (Å²) in [7, 11) is 0. The van der Waals surface area contributed by atoms with Gasteiger partial charge in [0.15, 0.2) is 0 Å². The summed E-state index contributed by atoms with van der Waals surface area (Å²) in [6.45, 7) is 13.5. The van der Waals surface area contributed by atoms with Gasteiger partial charge < -0.3 is 0 Å². The van der Waals surface area contributed by atoms with Crippen LogP contribution >= 0.6 is 0 Å². The first-order valence-electron chi connectivity index (χ1n) is 7.11. The average Bonchev–Trinajstić information content (AvgIpc) is 2.75. The van der Waals surface area contributed by atoms with E-state index in [0.717, 1.165) is 6.42 Å². The summed E-state index contributed by atoms with van der Waals surface area (Å²) >= 11 is 0. The molecule has 0 atom stereocenters. The van der Waals surface area contributed by atoms with Crippen molar-refractivity contribution in [2.75, 3.05) is 0 Å². The highest BCUT2D eigenvalue weighted by Crippen LogP contribution is 2.45. The summed E-state index contributed by atoms with van der Waals surface area (Å²) in [5.74, 6) is 0. The van der Waals surface area contributed by atoms with Crippen LogP contribution in [-0.4, -0.2) is 0 Å². The molecule has 0 heterocycles. The fraction of sp³-hybridized carbons (Fsp3) is 0.368. The normalized spacial score (nSPS) is 12.5. The second-order valence-electron chi connectivity index (χ2n) is 6.15. The molecule has 1 aliphatic carbocycles. The zero-order valence-corrected chi connectivity index (χ0v) is 12.9. The van der Waals surface area contributed by atoms with E-state index >= 15 is 0 Å². The minimum absolute atomic E-state index is 1.12. The van der Waals surface area contributed by atoms with Gasteiger partial charge in [-0.05, 0) is 104 Å². The van der Waals surface area contributed by atoms with Crippen molar-refractivity contribution in [2.24, 2.45) is 0 Å². The standard InChI is InChI=1S/C19H22/c1-10-7-12(3)18-16(14(10)5)9-17-15(6)11(2)8-13(4)19(17)18/h7-8H,9H2,1-6H3. The Morgan fingerprint density at radius 2 is 0.947 bits per heavy atom. The molecule has 1 aliphatic rings. The molecule has 0 spiro atoms. The first kappa shape index (κ1) is 12.5. The Morgan fingerprint density at radius 1 is 0.579 bits per heavy atom. The lowest BCUT2D eigenvalue weighted by Gasteiger charge is -2.14. The van der Waals surface area contributed by atoms with Crippen LogP contribution in [0, 0.1) is 41.5 Å². The van der Waals surface area contributed by atoms with Gasteiger partial charge in [0.25, 0.3) is 0 Å². The van der Waals surface area contributed by atoms with Crippen molar-refractivity contribution in [3.8, 4) is 11.1 Å². The molecule has 0 bridgehead atoms. The second kappa shape index (κ2) is 3.96. The minimum Gasteiger partial charge on any atom is -0.0555 e. The van der Waals surface area contributed by atoms with Gasteiger partial charge in [0.05, 0.1) is 0 Å². The average molecular weight is 250 g/mol. The van der Waals surface area contributed by atoms with Gasteiger partial charge >= 0.3 is 0 Å². The highest BCUT2D eigenvalue weighted by atomic mass is 14.3. The summed E-state index contributed by atoms with van der Waals surface area (Å²) in [5, 5.41) is 0. The molecule has 3 rings (SSSR count). The van der Waals surface area contributed by atoms with Gasteiger partial charge in [-0.1, -0.05) is 12.1 Å². The Labute approximate surface area is 116 Å². The van der Waals surface area contributed by atoms with Crippen LogP contribution in [0.1, 0.15) is 44.5 Å². The minimum atomic E-state index is 1.12. The Kier molecular flexibility index (Phi) is 2.60. The molecule has 0 nitrogen and oxygen atoms in total. The zero-order valence-electron chi connectivity index (χ0n) is 12.9. The lowest BCUT2D eigenvalue weighted by atomic mass is 9.90. The van der Waals surface area contributed by atoms with Crippen LogP contribution in [0.3, 0.4) is 0 Å². The van der Waals surface area contributed by atoms with E-state index in [0.29, 0.717) is 0 Å². The van der Waals surface area contributed by atoms with E-state index in [1.54, 1.807) is 11.1 Å². The van der Waals surface area contributed by atoms with Crippen LogP contribution in [0.5, 0.6) is 0 Å². The van der Waals surface area contributed by atoms with E-state index in [4.69, 9.17) is 0 Å². The van der Waals surface area contributed by atoms with Gasteiger partial charge in [0.1, 0.15) is 0 Å². The number of rotatable bonds is 0. The lowest BCUT2D eigenvalue weighted by Crippen LogP contribution is -1.93. The lowest BCUT2D eigenvalue weighted by molar-refractivity contribution is 1.14. The zero-order chi connectivity index (χ0) is 13.9. The molecule has 98 valence electrons. The Hall–Kier alpha value is -1.56. The molecule has 0 unspecified atom stereocenters. The largest absolute Gasteiger partial charge is 0.0555 e. The van der Waals surface area contributed by atoms with Crippen LogP contribution in [0.15, 0.2) is 12.1 Å². The molecule has 0 fully saturated rings. The SMILES string of the molecule is Cc1cc(C)c2c(c1C)Cc1c(C)c(C)cc(C)c1-2. The van der Waals surface area contributed by atoms with Crippen LogP contribution < -0.4 is 0 Å². The van der Waals surface area contributed by atoms with Crippen molar-refractivity contribution >= 4 is 0 Å². The molecule has 0 aromatic heterocycles. The molecule has 0 saturated heterocycles. The number of aryl methyl sites for hydroxylation is 4. The smallest absolute Gasteiger partial charge is 0.000779 e. The Bertz CT molecular complexity index is 641. The maximum atomic E-state index is 2.35. The Balaban J connectivity index is 2.42. The number of fused-ring (bicyclic) bond motifs is 3. The molecule has 0 radical (unpaired) electrons. The summed E-state index contributed by atoms with van der Waals surface area (Å²) < 4.78 is 0. The molecule has 0 heteroatoms. The molecular formula is C19H22. The van der Waals surface area contributed by atoms with Crippen molar-refractivity contribution in [3.63, 3.8) is 0 Å². The monoisotopic (exact) mass is 250 g/mol. The van der Waals surface area contributed by atoms with Gasteiger partial charge in [-0.15, -0.1) is 0 Å². The summed E-state index contributed by atoms with van der Waals surface area (Å²) in [4.78, 5) is 0. The van der Waals surface area contributed by atoms with Crippen molar-refractivity contribution in [2.45, 2.75) is 48.0 Å². The molecule has 2 aromatic carbocycles. The fourth-order valence-electron chi connectivity index (χ4n) is 3.65. The van der Waals surface area contributed by atoms with E-state index in [1.807, 2.05) is 0 Å². The summed E-state index contributed by atoms with van der Waals surface area (Å²) in [6.07, 6.45) is 1.12. The van der Waals surface area contributed by atoms with Crippen molar-refractivity contribution in [3.05, 3.63) is 56.6 Å². The van der Waals surface area contributed by atoms with E-state index in [1.165, 1.54) is 44.5 Å². The van der Waals surface area contributed by atoms with Gasteiger partial charge in [-0.25, -0.2) is 0 Å². The van der Waals surface area contributed by atoms with Crippen molar-refractivity contribution in [1.29, 1.82) is 0 Å². The fourth-order valence-corrected chi connectivity index (χ4v) is 3.65. The third-order valence-corrected chi connectivity index (χ3v) is 4.95. The predicted molar refractivity (Wildman–Crippen MR) is 83.1 cm³/mol. The van der Waals surface area contributed by atoms with E-state index in [9.17, 15) is 0 Å². The van der Waals surface area contributed by atoms with E-state index in [2.05, 4.69) is 53.7 Å². The quantitative estimate of drug-likeness (QED) is 0.520. The first-order valence-corrected chi connectivity index (χ1v) is 7.11. The molecule has 0 N–H and O–H groups in total. The van der Waals surface area contributed by atoms with Crippen molar-refractivity contribution < 1.29 is 0 Å². The number of benzene rings is 2. The van der Waals surface area contributed by atoms with Crippen LogP contribution in [0.25, 0.3) is 11.1 Å². The molecular weight excluding hydrogens is 228 g/mol. The van der Waals surface area contributed by atoms with E-state index in [-0.39, 0.29) is 0 Å². The molecule has 19 heavy (non-hydrogen) atoms. The van der Waals surface area contributed by atoms with Gasteiger partial charge in [-0.3, -0.25) is 0 Å². The maximum Gasteiger partial charge on any atom is -0.000779 e. The summed E-state index contributed by atoms with van der Waals surface area (Å²) in [5.41, 5.74) is 14.8. The van der Waals surface area contributed by atoms with Gasteiger partial charge in [0.2, 0.25) is 0 Å². The Morgan fingerprint density at radius 3 is 1.32 bits per heavy atom. The molecule has 0 aliphatic heterocycles. The maximum absolute atomic E-state index is 2.35. The topological polar surface area (TPSA) is 0 Å². The third-order valence-electron chi connectivity index (χ3n) is 4.95. The highest BCUT2D eigenvalue weighted by molar-refractivity contribution is 5.84. The molecule has 0 amide bonds. The summed E-state index contributed by atoms with van der Waals surface area (Å²) in [6, 6.07) is 4.69. The van der Waals surface area contributed by atoms with Gasteiger partial charge in [-0.2, -0.15) is 0 Å². The van der Waals surface area contributed by atoms with Crippen LogP contribution in [-0.2, 0) is 6.42 Å². The highest BCUT2D eigenvalue weighted by Gasteiger charge is 2.26. The molecule has 2 aromatic rings. The van der Waals surface area contributed by atoms with Gasteiger partial charge in [0, 0.05) is 0 Å². The van der Waals surface area contributed by atoms with Crippen LogP contribution in [0.2, 0.25) is 0 Å². The molecule has 0 saturated carbocycles. The van der Waals surface area contributed by atoms with E-state index < -0.39 is 0 Å². The predicted octanol–water partition coefficient (Wildman–Crippen LogP) is 5.11. The van der Waals surface area contributed by atoms with Crippen LogP contribution in [0.4, 0.5) is 0 Å². The number of hydrogen-bond donors (Lipinski definition) is 0. The van der Waals surface area contributed by atoms with Crippen molar-refractivity contribution in [1.82, 2.24) is 0 Å². The third kappa shape index (κ3) is 1.59.